The Bertz CT molecular complexity index is 280. The molecule has 1 heterocycles. The van der Waals surface area contributed by atoms with Crippen LogP contribution in [0, 0.1) is 0 Å². The zero-order valence-corrected chi connectivity index (χ0v) is 8.46. The minimum absolute atomic E-state index is 0.223. The van der Waals surface area contributed by atoms with E-state index in [-0.39, 0.29) is 5.60 Å². The molecule has 0 aliphatic heterocycles. The molecule has 1 N–H and O–H groups in total. The minimum atomic E-state index is -0.223. The zero-order valence-electron chi connectivity index (χ0n) is 8.46. The first-order valence-electron chi connectivity index (χ1n) is 4.20. The highest BCUT2D eigenvalue weighted by Crippen LogP contribution is 2.16. The van der Waals surface area contributed by atoms with Crippen LogP contribution < -0.4 is 10.1 Å². The molecular weight excluding hydrogens is 166 g/mol. The summed E-state index contributed by atoms with van der Waals surface area (Å²) in [6, 6.07) is 1.77. The Morgan fingerprint density at radius 2 is 2.00 bits per heavy atom. The largest absolute Gasteiger partial charge is 0.472 e. The standard InChI is InChI=1S/C9H15N3O/c1-9(2,3)13-8-5-7(10-4)11-6-12-8/h5-6H,1-4H3,(H,10,11,12). The number of anilines is 1. The van der Waals surface area contributed by atoms with Crippen molar-refractivity contribution in [3.05, 3.63) is 12.4 Å². The van der Waals surface area contributed by atoms with Crippen LogP contribution in [0.5, 0.6) is 5.88 Å². The Morgan fingerprint density at radius 1 is 1.31 bits per heavy atom. The summed E-state index contributed by atoms with van der Waals surface area (Å²) < 4.78 is 5.55. The summed E-state index contributed by atoms with van der Waals surface area (Å²) in [6.07, 6.45) is 1.48. The fraction of sp³-hybridized carbons (Fsp3) is 0.556. The van der Waals surface area contributed by atoms with Gasteiger partial charge in [-0.05, 0) is 20.8 Å². The molecule has 0 radical (unpaired) electrons. The molecule has 72 valence electrons. The number of ether oxygens (including phenoxy) is 1. The third kappa shape index (κ3) is 3.27. The molecule has 0 fully saturated rings. The van der Waals surface area contributed by atoms with Crippen LogP contribution in [0.2, 0.25) is 0 Å². The Morgan fingerprint density at radius 3 is 2.54 bits per heavy atom. The number of aromatic nitrogens is 2. The molecule has 0 saturated carbocycles. The van der Waals surface area contributed by atoms with Crippen molar-refractivity contribution in [3.8, 4) is 5.88 Å². The Balaban J connectivity index is 2.78. The van der Waals surface area contributed by atoms with E-state index in [9.17, 15) is 0 Å². The summed E-state index contributed by atoms with van der Waals surface area (Å²) in [5.41, 5.74) is -0.223. The summed E-state index contributed by atoms with van der Waals surface area (Å²) in [5.74, 6) is 1.35. The predicted molar refractivity (Wildman–Crippen MR) is 52.0 cm³/mol. The van der Waals surface area contributed by atoms with E-state index in [1.807, 2.05) is 27.8 Å². The number of hydrogen-bond donors (Lipinski definition) is 1. The van der Waals surface area contributed by atoms with Gasteiger partial charge in [-0.25, -0.2) is 9.97 Å². The van der Waals surface area contributed by atoms with Gasteiger partial charge in [0.15, 0.2) is 0 Å². The molecule has 0 aliphatic carbocycles. The minimum Gasteiger partial charge on any atom is -0.472 e. The van der Waals surface area contributed by atoms with E-state index in [2.05, 4.69) is 15.3 Å². The first-order valence-corrected chi connectivity index (χ1v) is 4.20. The van der Waals surface area contributed by atoms with E-state index >= 15 is 0 Å². The topological polar surface area (TPSA) is 47.0 Å². The lowest BCUT2D eigenvalue weighted by Gasteiger charge is -2.20. The Hall–Kier alpha value is -1.32. The average molecular weight is 181 g/mol. The molecule has 0 atom stereocenters. The second-order valence-corrected chi connectivity index (χ2v) is 3.71. The van der Waals surface area contributed by atoms with Crippen LogP contribution in [0.1, 0.15) is 20.8 Å². The first-order chi connectivity index (χ1) is 6.01. The van der Waals surface area contributed by atoms with E-state index in [0.29, 0.717) is 5.88 Å². The quantitative estimate of drug-likeness (QED) is 0.754. The van der Waals surface area contributed by atoms with Gasteiger partial charge < -0.3 is 10.1 Å². The lowest BCUT2D eigenvalue weighted by molar-refractivity contribution is 0.124. The van der Waals surface area contributed by atoms with Crippen LogP contribution >= 0.6 is 0 Å². The third-order valence-corrected chi connectivity index (χ3v) is 1.31. The molecule has 4 nitrogen and oxygen atoms in total. The Labute approximate surface area is 78.4 Å². The summed E-state index contributed by atoms with van der Waals surface area (Å²) in [7, 11) is 1.81. The zero-order chi connectivity index (χ0) is 9.90. The molecule has 4 heteroatoms. The molecule has 0 aliphatic rings. The highest BCUT2D eigenvalue weighted by Gasteiger charge is 2.12. The van der Waals surface area contributed by atoms with Crippen molar-refractivity contribution in [3.63, 3.8) is 0 Å². The SMILES string of the molecule is CNc1cc(OC(C)(C)C)ncn1. The van der Waals surface area contributed by atoms with Gasteiger partial charge in [0.05, 0.1) is 0 Å². The molecule has 1 aromatic rings. The summed E-state index contributed by atoms with van der Waals surface area (Å²) in [5, 5.41) is 2.92. The molecular formula is C9H15N3O. The van der Waals surface area contributed by atoms with Crippen LogP contribution in [0.4, 0.5) is 5.82 Å². The van der Waals surface area contributed by atoms with Crippen LogP contribution in [-0.4, -0.2) is 22.6 Å². The molecule has 0 unspecified atom stereocenters. The fourth-order valence-electron chi connectivity index (χ4n) is 0.846. The first kappa shape index (κ1) is 9.77. The molecule has 0 aromatic carbocycles. The van der Waals surface area contributed by atoms with E-state index in [1.165, 1.54) is 6.33 Å². The van der Waals surface area contributed by atoms with Gasteiger partial charge in [0, 0.05) is 13.1 Å². The van der Waals surface area contributed by atoms with E-state index in [0.717, 1.165) is 5.82 Å². The molecule has 0 spiro atoms. The van der Waals surface area contributed by atoms with Gasteiger partial charge in [-0.15, -0.1) is 0 Å². The van der Waals surface area contributed by atoms with Crippen molar-refractivity contribution in [1.82, 2.24) is 9.97 Å². The summed E-state index contributed by atoms with van der Waals surface area (Å²) in [6.45, 7) is 5.94. The van der Waals surface area contributed by atoms with Crippen molar-refractivity contribution >= 4 is 5.82 Å². The van der Waals surface area contributed by atoms with E-state index in [1.54, 1.807) is 6.07 Å². The van der Waals surface area contributed by atoms with E-state index in [4.69, 9.17) is 4.74 Å². The lowest BCUT2D eigenvalue weighted by atomic mass is 10.2. The smallest absolute Gasteiger partial charge is 0.218 e. The normalized spacial score (nSPS) is 11.1. The van der Waals surface area contributed by atoms with Gasteiger partial charge in [0.1, 0.15) is 17.7 Å². The van der Waals surface area contributed by atoms with Crippen molar-refractivity contribution < 1.29 is 4.74 Å². The maximum absolute atomic E-state index is 5.55. The van der Waals surface area contributed by atoms with Crippen LogP contribution in [0.25, 0.3) is 0 Å². The van der Waals surface area contributed by atoms with Gasteiger partial charge in [-0.1, -0.05) is 0 Å². The fourth-order valence-corrected chi connectivity index (χ4v) is 0.846. The molecule has 0 saturated heterocycles. The second-order valence-electron chi connectivity index (χ2n) is 3.71. The van der Waals surface area contributed by atoms with Gasteiger partial charge in [-0.2, -0.15) is 0 Å². The molecule has 1 aromatic heterocycles. The van der Waals surface area contributed by atoms with Crippen LogP contribution in [0.15, 0.2) is 12.4 Å². The van der Waals surface area contributed by atoms with Crippen molar-refractivity contribution in [2.24, 2.45) is 0 Å². The summed E-state index contributed by atoms with van der Waals surface area (Å²) in [4.78, 5) is 7.99. The highest BCUT2D eigenvalue weighted by molar-refractivity contribution is 5.36. The van der Waals surface area contributed by atoms with Crippen molar-refractivity contribution in [2.45, 2.75) is 26.4 Å². The van der Waals surface area contributed by atoms with Crippen LogP contribution in [0.3, 0.4) is 0 Å². The predicted octanol–water partition coefficient (Wildman–Crippen LogP) is 1.70. The molecule has 0 bridgehead atoms. The maximum atomic E-state index is 5.55. The monoisotopic (exact) mass is 181 g/mol. The Kier molecular flexibility index (Phi) is 2.70. The van der Waals surface area contributed by atoms with E-state index < -0.39 is 0 Å². The van der Waals surface area contributed by atoms with Crippen LogP contribution in [-0.2, 0) is 0 Å². The third-order valence-electron chi connectivity index (χ3n) is 1.31. The number of rotatable bonds is 2. The van der Waals surface area contributed by atoms with Crippen molar-refractivity contribution in [1.29, 1.82) is 0 Å². The van der Waals surface area contributed by atoms with Gasteiger partial charge in [-0.3, -0.25) is 0 Å². The van der Waals surface area contributed by atoms with Gasteiger partial charge in [0.2, 0.25) is 5.88 Å². The average Bonchev–Trinajstić information content (AvgIpc) is 2.01. The number of nitrogens with zero attached hydrogens (tertiary/aromatic N) is 2. The van der Waals surface area contributed by atoms with Gasteiger partial charge >= 0.3 is 0 Å². The van der Waals surface area contributed by atoms with Crippen molar-refractivity contribution in [2.75, 3.05) is 12.4 Å². The molecule has 0 amide bonds. The highest BCUT2D eigenvalue weighted by atomic mass is 16.5. The molecule has 1 rings (SSSR count). The molecule has 13 heavy (non-hydrogen) atoms. The van der Waals surface area contributed by atoms with Gasteiger partial charge in [0.25, 0.3) is 0 Å². The maximum Gasteiger partial charge on any atom is 0.218 e. The number of hydrogen-bond acceptors (Lipinski definition) is 4. The second kappa shape index (κ2) is 3.60. The lowest BCUT2D eigenvalue weighted by Crippen LogP contribution is -2.23. The number of nitrogens with one attached hydrogen (secondary N) is 1. The summed E-state index contributed by atoms with van der Waals surface area (Å²) >= 11 is 0.